The van der Waals surface area contributed by atoms with Gasteiger partial charge in [0.05, 0.1) is 0 Å². The lowest BCUT2D eigenvalue weighted by molar-refractivity contribution is -0.133. The molecule has 0 radical (unpaired) electrons. The van der Waals surface area contributed by atoms with Gasteiger partial charge in [-0.25, -0.2) is 0 Å². The molecule has 0 saturated heterocycles. The average Bonchev–Trinajstić information content (AvgIpc) is 2.08. The van der Waals surface area contributed by atoms with Crippen LogP contribution in [0.3, 0.4) is 0 Å². The zero-order chi connectivity index (χ0) is 12.1. The molecule has 2 nitrogen and oxygen atoms in total. The summed E-state index contributed by atoms with van der Waals surface area (Å²) in [7, 11) is 0. The van der Waals surface area contributed by atoms with E-state index >= 15 is 0 Å². The fraction of sp³-hybridized carbons (Fsp3) is 0.923. The maximum absolute atomic E-state index is 11.9. The molecule has 2 heteroatoms. The van der Waals surface area contributed by atoms with Gasteiger partial charge in [0.2, 0.25) is 0 Å². The van der Waals surface area contributed by atoms with Gasteiger partial charge in [0.25, 0.3) is 0 Å². The highest BCUT2D eigenvalue weighted by Gasteiger charge is 2.23. The number of carbonyl (C=O) groups excluding carboxylic acids is 1. The van der Waals surface area contributed by atoms with E-state index in [1.807, 2.05) is 20.8 Å². The molecule has 0 spiro atoms. The predicted octanol–water partition coefficient (Wildman–Crippen LogP) is 3.44. The first kappa shape index (κ1) is 14.6. The summed E-state index contributed by atoms with van der Waals surface area (Å²) in [6, 6.07) is 0. The maximum atomic E-state index is 11.9. The first-order valence-corrected chi connectivity index (χ1v) is 5.92. The molecule has 0 aliphatic rings. The van der Waals surface area contributed by atoms with Crippen LogP contribution >= 0.6 is 0 Å². The van der Waals surface area contributed by atoms with Crippen LogP contribution in [0.5, 0.6) is 0 Å². The Morgan fingerprint density at radius 3 is 2.13 bits per heavy atom. The summed E-state index contributed by atoms with van der Waals surface area (Å²) < 4.78 is 5.48. The van der Waals surface area contributed by atoms with Gasteiger partial charge in [0.15, 0.2) is 5.78 Å². The fourth-order valence-corrected chi connectivity index (χ4v) is 1.48. The van der Waals surface area contributed by atoms with Crippen molar-refractivity contribution in [2.24, 2.45) is 11.3 Å². The van der Waals surface area contributed by atoms with E-state index in [4.69, 9.17) is 4.74 Å². The summed E-state index contributed by atoms with van der Waals surface area (Å²) in [6.45, 7) is 13.1. The Kier molecular flexibility index (Phi) is 6.11. The van der Waals surface area contributed by atoms with Gasteiger partial charge < -0.3 is 4.74 Å². The molecule has 0 saturated carbocycles. The SMILES string of the molecule is CCOC(C(=O)CCC(C)(C)C)C(C)C. The predicted molar refractivity (Wildman–Crippen MR) is 63.9 cm³/mol. The van der Waals surface area contributed by atoms with Crippen molar-refractivity contribution in [1.29, 1.82) is 0 Å². The first-order chi connectivity index (χ1) is 6.78. The number of carbonyl (C=O) groups is 1. The van der Waals surface area contributed by atoms with E-state index in [1.54, 1.807) is 0 Å². The lowest BCUT2D eigenvalue weighted by atomic mass is 9.87. The lowest BCUT2D eigenvalue weighted by Crippen LogP contribution is -2.30. The van der Waals surface area contributed by atoms with Gasteiger partial charge in [0.1, 0.15) is 6.10 Å². The fourth-order valence-electron chi connectivity index (χ4n) is 1.48. The Hall–Kier alpha value is -0.370. The number of hydrogen-bond acceptors (Lipinski definition) is 2. The zero-order valence-electron chi connectivity index (χ0n) is 11.1. The maximum Gasteiger partial charge on any atom is 0.161 e. The van der Waals surface area contributed by atoms with Gasteiger partial charge in [-0.2, -0.15) is 0 Å². The highest BCUT2D eigenvalue weighted by atomic mass is 16.5. The molecule has 0 heterocycles. The average molecular weight is 214 g/mol. The molecule has 1 unspecified atom stereocenters. The molecule has 15 heavy (non-hydrogen) atoms. The molecule has 0 fully saturated rings. The summed E-state index contributed by atoms with van der Waals surface area (Å²) in [5.74, 6) is 0.527. The van der Waals surface area contributed by atoms with Gasteiger partial charge in [0, 0.05) is 13.0 Å². The van der Waals surface area contributed by atoms with Crippen LogP contribution in [0, 0.1) is 11.3 Å². The van der Waals surface area contributed by atoms with Crippen molar-refractivity contribution >= 4 is 5.78 Å². The number of Topliss-reactive ketones (excluding diaryl/α,β-unsaturated/α-hetero) is 1. The van der Waals surface area contributed by atoms with Crippen LogP contribution < -0.4 is 0 Å². The molecule has 0 bridgehead atoms. The van der Waals surface area contributed by atoms with Crippen molar-refractivity contribution in [3.05, 3.63) is 0 Å². The lowest BCUT2D eigenvalue weighted by Gasteiger charge is -2.22. The summed E-state index contributed by atoms with van der Waals surface area (Å²) in [4.78, 5) is 11.9. The van der Waals surface area contributed by atoms with Crippen molar-refractivity contribution in [2.75, 3.05) is 6.61 Å². The van der Waals surface area contributed by atoms with Crippen LogP contribution in [-0.2, 0) is 9.53 Å². The number of ether oxygens (including phenoxy) is 1. The van der Waals surface area contributed by atoms with Crippen molar-refractivity contribution < 1.29 is 9.53 Å². The van der Waals surface area contributed by atoms with Gasteiger partial charge in [-0.15, -0.1) is 0 Å². The van der Waals surface area contributed by atoms with E-state index in [-0.39, 0.29) is 23.2 Å². The molecule has 0 N–H and O–H groups in total. The normalized spacial score (nSPS) is 14.3. The molecular weight excluding hydrogens is 188 g/mol. The minimum absolute atomic E-state index is 0.211. The smallest absolute Gasteiger partial charge is 0.161 e. The summed E-state index contributed by atoms with van der Waals surface area (Å²) >= 11 is 0. The highest BCUT2D eigenvalue weighted by molar-refractivity contribution is 5.83. The molecular formula is C13H26O2. The second-order valence-corrected chi connectivity index (χ2v) is 5.65. The quantitative estimate of drug-likeness (QED) is 0.677. The van der Waals surface area contributed by atoms with Crippen LogP contribution in [0.2, 0.25) is 0 Å². The number of hydrogen-bond donors (Lipinski definition) is 0. The molecule has 0 aromatic rings. The molecule has 0 aromatic carbocycles. The van der Waals surface area contributed by atoms with Gasteiger partial charge in [-0.05, 0) is 24.7 Å². The van der Waals surface area contributed by atoms with E-state index in [2.05, 4.69) is 20.8 Å². The third-order valence-corrected chi connectivity index (χ3v) is 2.39. The molecule has 0 amide bonds. The third kappa shape index (κ3) is 6.67. The van der Waals surface area contributed by atoms with Crippen LogP contribution in [0.25, 0.3) is 0 Å². The monoisotopic (exact) mass is 214 g/mol. The second-order valence-electron chi connectivity index (χ2n) is 5.65. The van der Waals surface area contributed by atoms with Crippen LogP contribution in [0.1, 0.15) is 54.4 Å². The van der Waals surface area contributed by atoms with Crippen molar-refractivity contribution in [3.63, 3.8) is 0 Å². The largest absolute Gasteiger partial charge is 0.370 e. The molecule has 90 valence electrons. The second kappa shape index (κ2) is 6.26. The van der Waals surface area contributed by atoms with E-state index in [0.29, 0.717) is 13.0 Å². The Balaban J connectivity index is 4.15. The van der Waals surface area contributed by atoms with Gasteiger partial charge in [-0.1, -0.05) is 34.6 Å². The van der Waals surface area contributed by atoms with Crippen molar-refractivity contribution in [2.45, 2.75) is 60.5 Å². The van der Waals surface area contributed by atoms with Crippen LogP contribution in [-0.4, -0.2) is 18.5 Å². The molecule has 0 rings (SSSR count). The van der Waals surface area contributed by atoms with Crippen molar-refractivity contribution in [1.82, 2.24) is 0 Å². The van der Waals surface area contributed by atoms with E-state index in [1.165, 1.54) is 0 Å². The Morgan fingerprint density at radius 1 is 1.27 bits per heavy atom. The zero-order valence-corrected chi connectivity index (χ0v) is 11.1. The van der Waals surface area contributed by atoms with E-state index < -0.39 is 0 Å². The van der Waals surface area contributed by atoms with Gasteiger partial charge >= 0.3 is 0 Å². The molecule has 0 aliphatic heterocycles. The standard InChI is InChI=1S/C13H26O2/c1-7-15-12(10(2)3)11(14)8-9-13(4,5)6/h10,12H,7-9H2,1-6H3. The van der Waals surface area contributed by atoms with Crippen LogP contribution in [0.15, 0.2) is 0 Å². The molecule has 0 aromatic heterocycles. The van der Waals surface area contributed by atoms with Crippen LogP contribution in [0.4, 0.5) is 0 Å². The minimum Gasteiger partial charge on any atom is -0.370 e. The highest BCUT2D eigenvalue weighted by Crippen LogP contribution is 2.22. The Morgan fingerprint density at radius 2 is 1.80 bits per heavy atom. The molecule has 0 aliphatic carbocycles. The number of ketones is 1. The van der Waals surface area contributed by atoms with E-state index in [9.17, 15) is 4.79 Å². The third-order valence-electron chi connectivity index (χ3n) is 2.39. The minimum atomic E-state index is -0.211. The molecule has 1 atom stereocenters. The summed E-state index contributed by atoms with van der Waals surface area (Å²) in [5, 5.41) is 0. The Labute approximate surface area is 94.4 Å². The van der Waals surface area contributed by atoms with E-state index in [0.717, 1.165) is 6.42 Å². The Bertz CT molecular complexity index is 189. The number of rotatable bonds is 6. The first-order valence-electron chi connectivity index (χ1n) is 5.92. The topological polar surface area (TPSA) is 26.3 Å². The summed E-state index contributed by atoms with van der Waals surface area (Å²) in [6.07, 6.45) is 1.35. The summed E-state index contributed by atoms with van der Waals surface area (Å²) in [5.41, 5.74) is 0.226. The van der Waals surface area contributed by atoms with Gasteiger partial charge in [-0.3, -0.25) is 4.79 Å². The van der Waals surface area contributed by atoms with Crippen molar-refractivity contribution in [3.8, 4) is 0 Å².